The van der Waals surface area contributed by atoms with E-state index in [2.05, 4.69) is 4.72 Å². The molecule has 7 heteroatoms. The average Bonchev–Trinajstić information content (AvgIpc) is 3.51. The number of nitrogens with one attached hydrogen (secondary N) is 1. The number of aryl methyl sites for hydroxylation is 1. The van der Waals surface area contributed by atoms with Crippen molar-refractivity contribution >= 4 is 21.6 Å². The molecule has 2 aliphatic rings. The maximum Gasteiger partial charge on any atom is 0.262 e. The molecule has 2 aromatic carbocycles. The first-order chi connectivity index (χ1) is 13.4. The number of ether oxygens (including phenoxy) is 1. The maximum absolute atomic E-state index is 12.8. The van der Waals surface area contributed by atoms with Crippen LogP contribution in [0.5, 0.6) is 5.75 Å². The summed E-state index contributed by atoms with van der Waals surface area (Å²) in [7, 11) is -2.17. The molecule has 1 fully saturated rings. The van der Waals surface area contributed by atoms with E-state index < -0.39 is 10.0 Å². The fourth-order valence-corrected chi connectivity index (χ4v) is 4.93. The summed E-state index contributed by atoms with van der Waals surface area (Å²) in [6.45, 7) is 3.02. The highest BCUT2D eigenvalue weighted by Crippen LogP contribution is 2.33. The van der Waals surface area contributed by atoms with Gasteiger partial charge in [0.05, 0.1) is 12.0 Å². The lowest BCUT2D eigenvalue weighted by Crippen LogP contribution is -2.36. The minimum atomic E-state index is -3.71. The summed E-state index contributed by atoms with van der Waals surface area (Å²) in [5.74, 6) is 1.04. The Labute approximate surface area is 165 Å². The molecule has 6 nitrogen and oxygen atoms in total. The number of methoxy groups -OCH3 is 1. The van der Waals surface area contributed by atoms with Crippen LogP contribution in [0.1, 0.15) is 29.5 Å². The number of amides is 1. The number of nitrogens with zero attached hydrogens (tertiary/aromatic N) is 1. The Morgan fingerprint density at radius 2 is 1.93 bits per heavy atom. The van der Waals surface area contributed by atoms with Crippen molar-refractivity contribution in [3.05, 3.63) is 53.1 Å². The fourth-order valence-electron chi connectivity index (χ4n) is 3.66. The van der Waals surface area contributed by atoms with Crippen molar-refractivity contribution in [2.45, 2.75) is 37.6 Å². The second kappa shape index (κ2) is 7.13. The monoisotopic (exact) mass is 400 g/mol. The molecule has 1 saturated carbocycles. The van der Waals surface area contributed by atoms with Crippen LogP contribution in [-0.2, 0) is 27.8 Å². The summed E-state index contributed by atoms with van der Waals surface area (Å²) in [5.41, 5.74) is 3.30. The van der Waals surface area contributed by atoms with E-state index in [-0.39, 0.29) is 16.7 Å². The van der Waals surface area contributed by atoms with Gasteiger partial charge in [0.2, 0.25) is 5.91 Å². The average molecular weight is 401 g/mol. The SMILES string of the molecule is COc1ccc(S(=O)(=O)Nc2ccc3c(c2)CN(C(=O)C2CC2)CC3)c(C)c1. The van der Waals surface area contributed by atoms with Crippen LogP contribution in [0.2, 0.25) is 0 Å². The summed E-state index contributed by atoms with van der Waals surface area (Å²) < 4.78 is 33.5. The molecule has 2 aromatic rings. The van der Waals surface area contributed by atoms with Crippen LogP contribution in [0.3, 0.4) is 0 Å². The van der Waals surface area contributed by atoms with E-state index in [1.165, 1.54) is 5.56 Å². The number of carbonyl (C=O) groups is 1. The van der Waals surface area contributed by atoms with Gasteiger partial charge in [0, 0.05) is 24.7 Å². The third-order valence-corrected chi connectivity index (χ3v) is 6.92. The van der Waals surface area contributed by atoms with E-state index in [1.54, 1.807) is 38.3 Å². The number of carbonyl (C=O) groups excluding carboxylic acids is 1. The van der Waals surface area contributed by atoms with Gasteiger partial charge in [0.1, 0.15) is 5.75 Å². The Balaban J connectivity index is 1.55. The van der Waals surface area contributed by atoms with Crippen LogP contribution in [0.25, 0.3) is 0 Å². The second-order valence-corrected chi connectivity index (χ2v) is 9.16. The fraction of sp³-hybridized carbons (Fsp3) is 0.381. The first-order valence-corrected chi connectivity index (χ1v) is 10.9. The number of benzene rings is 2. The van der Waals surface area contributed by atoms with E-state index in [4.69, 9.17) is 4.74 Å². The molecule has 0 spiro atoms. The quantitative estimate of drug-likeness (QED) is 0.837. The minimum absolute atomic E-state index is 0.196. The molecule has 0 atom stereocenters. The van der Waals surface area contributed by atoms with Gasteiger partial charge in [-0.2, -0.15) is 0 Å². The van der Waals surface area contributed by atoms with Crippen LogP contribution in [0, 0.1) is 12.8 Å². The Morgan fingerprint density at radius 3 is 2.61 bits per heavy atom. The molecule has 1 aliphatic carbocycles. The van der Waals surface area contributed by atoms with Crippen molar-refractivity contribution in [1.82, 2.24) is 4.90 Å². The van der Waals surface area contributed by atoms with Crippen molar-refractivity contribution in [3.8, 4) is 5.75 Å². The van der Waals surface area contributed by atoms with Crippen molar-refractivity contribution < 1.29 is 17.9 Å². The molecule has 0 bridgehead atoms. The standard InChI is InChI=1S/C21H24N2O4S/c1-14-11-19(27-2)7-8-20(14)28(25,26)22-18-6-5-15-9-10-23(13-17(15)12-18)21(24)16-3-4-16/h5-8,11-12,16,22H,3-4,9-10,13H2,1-2H3. The van der Waals surface area contributed by atoms with Gasteiger partial charge in [-0.15, -0.1) is 0 Å². The first-order valence-electron chi connectivity index (χ1n) is 9.45. The third kappa shape index (κ3) is 3.71. The van der Waals surface area contributed by atoms with Crippen LogP contribution in [-0.4, -0.2) is 32.9 Å². The second-order valence-electron chi connectivity index (χ2n) is 7.50. The van der Waals surface area contributed by atoms with Gasteiger partial charge >= 0.3 is 0 Å². The normalized spacial score (nSPS) is 16.4. The van der Waals surface area contributed by atoms with Gasteiger partial charge in [0.25, 0.3) is 10.0 Å². The molecule has 1 aliphatic heterocycles. The Bertz CT molecular complexity index is 1030. The molecule has 1 heterocycles. The van der Waals surface area contributed by atoms with Crippen molar-refractivity contribution in [2.24, 2.45) is 5.92 Å². The van der Waals surface area contributed by atoms with E-state index in [1.807, 2.05) is 17.0 Å². The zero-order chi connectivity index (χ0) is 19.9. The number of sulfonamides is 1. The highest BCUT2D eigenvalue weighted by atomic mass is 32.2. The number of fused-ring (bicyclic) bond motifs is 1. The lowest BCUT2D eigenvalue weighted by Gasteiger charge is -2.29. The smallest absolute Gasteiger partial charge is 0.262 e. The van der Waals surface area contributed by atoms with Gasteiger partial charge in [-0.25, -0.2) is 8.42 Å². The number of hydrogen-bond donors (Lipinski definition) is 1. The van der Waals surface area contributed by atoms with E-state index in [0.717, 1.165) is 31.4 Å². The zero-order valence-corrected chi connectivity index (χ0v) is 16.9. The van der Waals surface area contributed by atoms with E-state index >= 15 is 0 Å². The molecule has 4 rings (SSSR count). The number of rotatable bonds is 5. The molecule has 1 N–H and O–H groups in total. The third-order valence-electron chi connectivity index (χ3n) is 5.38. The zero-order valence-electron chi connectivity index (χ0n) is 16.1. The van der Waals surface area contributed by atoms with Crippen molar-refractivity contribution in [3.63, 3.8) is 0 Å². The molecule has 0 unspecified atom stereocenters. The molecule has 148 valence electrons. The largest absolute Gasteiger partial charge is 0.497 e. The van der Waals surface area contributed by atoms with Gasteiger partial charge in [-0.3, -0.25) is 9.52 Å². The first kappa shape index (κ1) is 18.8. The van der Waals surface area contributed by atoms with Gasteiger partial charge in [-0.05, 0) is 73.2 Å². The van der Waals surface area contributed by atoms with Crippen LogP contribution >= 0.6 is 0 Å². The summed E-state index contributed by atoms with van der Waals surface area (Å²) in [6, 6.07) is 10.5. The minimum Gasteiger partial charge on any atom is -0.497 e. The predicted octanol–water partition coefficient (Wildman–Crippen LogP) is 3.10. The molecule has 1 amide bonds. The maximum atomic E-state index is 12.8. The molecular weight excluding hydrogens is 376 g/mol. The highest BCUT2D eigenvalue weighted by Gasteiger charge is 2.34. The predicted molar refractivity (Wildman–Crippen MR) is 107 cm³/mol. The van der Waals surface area contributed by atoms with Gasteiger partial charge < -0.3 is 9.64 Å². The van der Waals surface area contributed by atoms with Gasteiger partial charge in [0.15, 0.2) is 0 Å². The summed E-state index contributed by atoms with van der Waals surface area (Å²) in [4.78, 5) is 14.5. The van der Waals surface area contributed by atoms with Crippen LogP contribution < -0.4 is 9.46 Å². The Hall–Kier alpha value is -2.54. The van der Waals surface area contributed by atoms with Gasteiger partial charge in [-0.1, -0.05) is 6.07 Å². The van der Waals surface area contributed by atoms with E-state index in [0.29, 0.717) is 23.5 Å². The Kier molecular flexibility index (Phi) is 4.79. The Morgan fingerprint density at radius 1 is 1.14 bits per heavy atom. The number of anilines is 1. The highest BCUT2D eigenvalue weighted by molar-refractivity contribution is 7.92. The van der Waals surface area contributed by atoms with Crippen LogP contribution in [0.15, 0.2) is 41.3 Å². The van der Waals surface area contributed by atoms with E-state index in [9.17, 15) is 13.2 Å². The van der Waals surface area contributed by atoms with Crippen LogP contribution in [0.4, 0.5) is 5.69 Å². The molecular formula is C21H24N2O4S. The lowest BCUT2D eigenvalue weighted by molar-refractivity contribution is -0.133. The number of hydrogen-bond acceptors (Lipinski definition) is 4. The summed E-state index contributed by atoms with van der Waals surface area (Å²) in [6.07, 6.45) is 2.78. The molecule has 0 aromatic heterocycles. The molecule has 0 saturated heterocycles. The molecule has 0 radical (unpaired) electrons. The summed E-state index contributed by atoms with van der Waals surface area (Å²) >= 11 is 0. The lowest BCUT2D eigenvalue weighted by atomic mass is 9.99. The topological polar surface area (TPSA) is 75.7 Å². The summed E-state index contributed by atoms with van der Waals surface area (Å²) in [5, 5.41) is 0. The molecule has 28 heavy (non-hydrogen) atoms. The van der Waals surface area contributed by atoms with Crippen molar-refractivity contribution in [1.29, 1.82) is 0 Å². The van der Waals surface area contributed by atoms with Crippen molar-refractivity contribution in [2.75, 3.05) is 18.4 Å².